The molecule has 0 atom stereocenters. The predicted octanol–water partition coefficient (Wildman–Crippen LogP) is 3.51. The van der Waals surface area contributed by atoms with Crippen LogP contribution in [0.15, 0.2) is 30.6 Å². The molecule has 1 fully saturated rings. The maximum absolute atomic E-state index is 13.2. The van der Waals surface area contributed by atoms with Crippen molar-refractivity contribution >= 4 is 23.3 Å². The monoisotopic (exact) mass is 378 g/mol. The minimum atomic E-state index is -0.502. The zero-order valence-electron chi connectivity index (χ0n) is 14.5. The van der Waals surface area contributed by atoms with Gasteiger partial charge in [-0.1, -0.05) is 18.5 Å². The van der Waals surface area contributed by atoms with Crippen LogP contribution >= 0.6 is 11.6 Å². The molecule has 0 N–H and O–H groups in total. The quantitative estimate of drug-likeness (QED) is 0.796. The molecule has 3 rings (SSSR count). The highest BCUT2D eigenvalue weighted by atomic mass is 35.5. The first-order valence-electron chi connectivity index (χ1n) is 8.54. The highest BCUT2D eigenvalue weighted by Gasteiger charge is 2.21. The summed E-state index contributed by atoms with van der Waals surface area (Å²) in [6.07, 6.45) is 2.87. The molecule has 2 heterocycles. The number of benzene rings is 1. The van der Waals surface area contributed by atoms with Crippen molar-refractivity contribution in [1.82, 2.24) is 14.9 Å². The van der Waals surface area contributed by atoms with Gasteiger partial charge in [-0.25, -0.2) is 14.4 Å². The van der Waals surface area contributed by atoms with Crippen LogP contribution in [0.25, 0.3) is 0 Å². The van der Waals surface area contributed by atoms with Gasteiger partial charge in [0.05, 0.1) is 5.02 Å². The van der Waals surface area contributed by atoms with Gasteiger partial charge >= 0.3 is 0 Å². The second-order valence-electron chi connectivity index (χ2n) is 6.01. The number of halogens is 2. The van der Waals surface area contributed by atoms with Crippen LogP contribution in [0.5, 0.6) is 11.6 Å². The van der Waals surface area contributed by atoms with Crippen LogP contribution in [0.3, 0.4) is 0 Å². The van der Waals surface area contributed by atoms with Crippen LogP contribution in [-0.4, -0.2) is 47.0 Å². The summed E-state index contributed by atoms with van der Waals surface area (Å²) >= 11 is 5.77. The number of amides is 1. The Kier molecular flexibility index (Phi) is 5.88. The number of piperazine rings is 1. The van der Waals surface area contributed by atoms with E-state index in [1.807, 2.05) is 11.8 Å². The number of nitrogens with zero attached hydrogens (tertiary/aromatic N) is 4. The van der Waals surface area contributed by atoms with Crippen molar-refractivity contribution < 1.29 is 13.9 Å². The first-order valence-corrected chi connectivity index (χ1v) is 8.92. The Labute approximate surface area is 156 Å². The van der Waals surface area contributed by atoms with E-state index in [4.69, 9.17) is 16.3 Å². The first kappa shape index (κ1) is 18.4. The Morgan fingerprint density at radius 1 is 1.23 bits per heavy atom. The number of hydrogen-bond donors (Lipinski definition) is 0. The SMILES string of the molecule is CCCC(=O)N1CCN(c2cc(Oc3ccc(F)c(Cl)c3)ncn2)CC1. The summed E-state index contributed by atoms with van der Waals surface area (Å²) in [5.74, 6) is 1.17. The summed E-state index contributed by atoms with van der Waals surface area (Å²) in [5, 5.41) is -0.00959. The molecule has 0 aliphatic carbocycles. The first-order chi connectivity index (χ1) is 12.6. The van der Waals surface area contributed by atoms with E-state index in [1.165, 1.54) is 24.5 Å². The molecule has 8 heteroatoms. The van der Waals surface area contributed by atoms with Gasteiger partial charge in [0.2, 0.25) is 11.8 Å². The number of aromatic nitrogens is 2. The highest BCUT2D eigenvalue weighted by molar-refractivity contribution is 6.30. The summed E-state index contributed by atoms with van der Waals surface area (Å²) in [6, 6.07) is 5.85. The molecule has 1 aliphatic heterocycles. The fourth-order valence-electron chi connectivity index (χ4n) is 2.78. The van der Waals surface area contributed by atoms with E-state index in [-0.39, 0.29) is 10.9 Å². The van der Waals surface area contributed by atoms with Crippen molar-refractivity contribution in [1.29, 1.82) is 0 Å². The highest BCUT2D eigenvalue weighted by Crippen LogP contribution is 2.26. The molecule has 1 amide bonds. The van der Waals surface area contributed by atoms with Gasteiger partial charge in [-0.3, -0.25) is 4.79 Å². The number of anilines is 1. The van der Waals surface area contributed by atoms with Gasteiger partial charge < -0.3 is 14.5 Å². The average molecular weight is 379 g/mol. The molecule has 1 aromatic heterocycles. The minimum Gasteiger partial charge on any atom is -0.439 e. The second-order valence-corrected chi connectivity index (χ2v) is 6.42. The van der Waals surface area contributed by atoms with Crippen LogP contribution in [-0.2, 0) is 4.79 Å². The number of carbonyl (C=O) groups is 1. The summed E-state index contributed by atoms with van der Waals surface area (Å²) in [7, 11) is 0. The maximum Gasteiger partial charge on any atom is 0.224 e. The molecular formula is C18H20ClFN4O2. The molecule has 138 valence electrons. The molecule has 0 spiro atoms. The van der Waals surface area contributed by atoms with Crippen LogP contribution in [0, 0.1) is 5.82 Å². The standard InChI is InChI=1S/C18H20ClFN4O2/c1-2-3-18(25)24-8-6-23(7-9-24)16-11-17(22-12-21-16)26-13-4-5-15(20)14(19)10-13/h4-5,10-12H,2-3,6-9H2,1H3. The smallest absolute Gasteiger partial charge is 0.224 e. The molecule has 0 bridgehead atoms. The van der Waals surface area contributed by atoms with Gasteiger partial charge in [0.1, 0.15) is 23.7 Å². The van der Waals surface area contributed by atoms with E-state index in [9.17, 15) is 9.18 Å². The van der Waals surface area contributed by atoms with Crippen LogP contribution in [0.1, 0.15) is 19.8 Å². The zero-order valence-corrected chi connectivity index (χ0v) is 15.2. The molecule has 1 aliphatic rings. The molecular weight excluding hydrogens is 359 g/mol. The second kappa shape index (κ2) is 8.31. The third kappa shape index (κ3) is 4.40. The zero-order chi connectivity index (χ0) is 18.5. The van der Waals surface area contributed by atoms with E-state index in [1.54, 1.807) is 6.07 Å². The van der Waals surface area contributed by atoms with Gasteiger partial charge in [0.25, 0.3) is 0 Å². The van der Waals surface area contributed by atoms with Crippen LogP contribution in [0.2, 0.25) is 5.02 Å². The van der Waals surface area contributed by atoms with Crippen molar-refractivity contribution in [3.05, 3.63) is 41.4 Å². The molecule has 1 saturated heterocycles. The number of ether oxygens (including phenoxy) is 1. The number of carbonyl (C=O) groups excluding carboxylic acids is 1. The Morgan fingerprint density at radius 3 is 2.69 bits per heavy atom. The third-order valence-electron chi connectivity index (χ3n) is 4.16. The van der Waals surface area contributed by atoms with E-state index < -0.39 is 5.82 Å². The van der Waals surface area contributed by atoms with Crippen molar-refractivity contribution in [3.63, 3.8) is 0 Å². The van der Waals surface area contributed by atoms with E-state index in [2.05, 4.69) is 14.9 Å². The van der Waals surface area contributed by atoms with Gasteiger partial charge in [0, 0.05) is 44.7 Å². The Hall–Kier alpha value is -2.41. The van der Waals surface area contributed by atoms with Gasteiger partial charge in [-0.2, -0.15) is 0 Å². The fraction of sp³-hybridized carbons (Fsp3) is 0.389. The van der Waals surface area contributed by atoms with Crippen molar-refractivity contribution in [2.24, 2.45) is 0 Å². The number of hydrogen-bond acceptors (Lipinski definition) is 5. The van der Waals surface area contributed by atoms with E-state index >= 15 is 0 Å². The van der Waals surface area contributed by atoms with E-state index in [0.717, 1.165) is 12.2 Å². The van der Waals surface area contributed by atoms with Crippen molar-refractivity contribution in [3.8, 4) is 11.6 Å². The summed E-state index contributed by atoms with van der Waals surface area (Å²) in [4.78, 5) is 24.3. The Morgan fingerprint density at radius 2 is 2.00 bits per heavy atom. The van der Waals surface area contributed by atoms with Crippen molar-refractivity contribution in [2.75, 3.05) is 31.1 Å². The van der Waals surface area contributed by atoms with Gasteiger partial charge in [-0.05, 0) is 18.6 Å². The lowest BCUT2D eigenvalue weighted by Gasteiger charge is -2.35. The molecule has 2 aromatic rings. The third-order valence-corrected chi connectivity index (χ3v) is 4.45. The molecule has 0 unspecified atom stereocenters. The molecule has 26 heavy (non-hydrogen) atoms. The molecule has 0 radical (unpaired) electrons. The lowest BCUT2D eigenvalue weighted by molar-refractivity contribution is -0.131. The minimum absolute atomic E-state index is 0.00959. The fourth-order valence-corrected chi connectivity index (χ4v) is 2.95. The lowest BCUT2D eigenvalue weighted by Crippen LogP contribution is -2.49. The number of rotatable bonds is 5. The Balaban J connectivity index is 1.64. The average Bonchev–Trinajstić information content (AvgIpc) is 2.65. The maximum atomic E-state index is 13.2. The molecule has 6 nitrogen and oxygen atoms in total. The molecule has 1 aromatic carbocycles. The molecule has 0 saturated carbocycles. The summed E-state index contributed by atoms with van der Waals surface area (Å²) in [5.41, 5.74) is 0. The van der Waals surface area contributed by atoms with E-state index in [0.29, 0.717) is 44.2 Å². The lowest BCUT2D eigenvalue weighted by atomic mass is 10.2. The topological polar surface area (TPSA) is 58.6 Å². The Bertz CT molecular complexity index is 782. The largest absolute Gasteiger partial charge is 0.439 e. The van der Waals surface area contributed by atoms with Gasteiger partial charge in [0.15, 0.2) is 0 Å². The normalized spacial score (nSPS) is 14.4. The van der Waals surface area contributed by atoms with Crippen LogP contribution < -0.4 is 9.64 Å². The predicted molar refractivity (Wildman–Crippen MR) is 97.2 cm³/mol. The summed E-state index contributed by atoms with van der Waals surface area (Å²) in [6.45, 7) is 4.76. The van der Waals surface area contributed by atoms with Crippen molar-refractivity contribution in [2.45, 2.75) is 19.8 Å². The van der Waals surface area contributed by atoms with Gasteiger partial charge in [-0.15, -0.1) is 0 Å². The summed E-state index contributed by atoms with van der Waals surface area (Å²) < 4.78 is 18.9. The van der Waals surface area contributed by atoms with Crippen LogP contribution in [0.4, 0.5) is 10.2 Å².